The van der Waals surface area contributed by atoms with Gasteiger partial charge in [0.05, 0.1) is 25.0 Å². The van der Waals surface area contributed by atoms with Crippen molar-refractivity contribution in [3.8, 4) is 5.75 Å². The number of anilines is 1. The largest absolute Gasteiger partial charge is 0.495 e. The SMILES string of the molecule is COc1ccccc1N1CCC(NC(=O)c2cn(C3CCNCC3)nn2)CC1.Cl.Cl. The topological polar surface area (TPSA) is 84.3 Å². The highest BCUT2D eigenvalue weighted by Gasteiger charge is 2.24. The van der Waals surface area contributed by atoms with Crippen LogP contribution < -0.4 is 20.3 Å². The van der Waals surface area contributed by atoms with Gasteiger partial charge in [0.25, 0.3) is 5.91 Å². The number of piperidine rings is 2. The summed E-state index contributed by atoms with van der Waals surface area (Å²) in [6.45, 7) is 3.73. The second-order valence-corrected chi connectivity index (χ2v) is 7.47. The van der Waals surface area contributed by atoms with Gasteiger partial charge in [-0.15, -0.1) is 29.9 Å². The average Bonchev–Trinajstić information content (AvgIpc) is 3.25. The number of rotatable bonds is 5. The molecule has 2 aliphatic heterocycles. The van der Waals surface area contributed by atoms with E-state index in [9.17, 15) is 4.79 Å². The highest BCUT2D eigenvalue weighted by Crippen LogP contribution is 2.29. The Hall–Kier alpha value is -2.03. The van der Waals surface area contributed by atoms with E-state index in [0.29, 0.717) is 11.7 Å². The average molecular weight is 457 g/mol. The van der Waals surface area contributed by atoms with Crippen LogP contribution in [0.25, 0.3) is 0 Å². The minimum atomic E-state index is -0.129. The Morgan fingerprint density at radius 2 is 1.83 bits per heavy atom. The number of benzene rings is 1. The molecule has 1 amide bonds. The number of amides is 1. The molecule has 10 heteroatoms. The highest BCUT2D eigenvalue weighted by molar-refractivity contribution is 5.92. The molecule has 0 aliphatic carbocycles. The lowest BCUT2D eigenvalue weighted by Crippen LogP contribution is -2.44. The summed E-state index contributed by atoms with van der Waals surface area (Å²) >= 11 is 0. The second kappa shape index (κ2) is 11.4. The minimum Gasteiger partial charge on any atom is -0.495 e. The molecule has 0 atom stereocenters. The van der Waals surface area contributed by atoms with Gasteiger partial charge >= 0.3 is 0 Å². The van der Waals surface area contributed by atoms with Crippen molar-refractivity contribution in [2.24, 2.45) is 0 Å². The van der Waals surface area contributed by atoms with Crippen molar-refractivity contribution >= 4 is 36.4 Å². The zero-order chi connectivity index (χ0) is 19.3. The van der Waals surface area contributed by atoms with Gasteiger partial charge < -0.3 is 20.3 Å². The maximum atomic E-state index is 12.6. The number of halogens is 2. The Labute approximate surface area is 189 Å². The van der Waals surface area contributed by atoms with Gasteiger partial charge in [-0.2, -0.15) is 0 Å². The van der Waals surface area contributed by atoms with Gasteiger partial charge in [-0.1, -0.05) is 17.3 Å². The summed E-state index contributed by atoms with van der Waals surface area (Å²) in [5.41, 5.74) is 1.52. The highest BCUT2D eigenvalue weighted by atomic mass is 35.5. The standard InChI is InChI=1S/C20H28N6O2.2ClH/c1-28-19-5-3-2-4-18(19)25-12-8-15(9-13-25)22-20(27)17-14-26(24-23-17)16-6-10-21-11-7-16;;/h2-5,14-16,21H,6-13H2,1H3,(H,22,27);2*1H. The van der Waals surface area contributed by atoms with Crippen LogP contribution in [0.1, 0.15) is 42.2 Å². The molecule has 2 aromatic rings. The molecule has 3 heterocycles. The van der Waals surface area contributed by atoms with Crippen LogP contribution >= 0.6 is 24.8 Å². The third-order valence-electron chi connectivity index (χ3n) is 5.68. The van der Waals surface area contributed by atoms with Crippen molar-refractivity contribution in [3.63, 3.8) is 0 Å². The Balaban J connectivity index is 0.00000160. The van der Waals surface area contributed by atoms with E-state index in [1.54, 1.807) is 13.3 Å². The van der Waals surface area contributed by atoms with Crippen LogP contribution in [0.4, 0.5) is 5.69 Å². The molecule has 1 aromatic heterocycles. The number of para-hydroxylation sites is 2. The Morgan fingerprint density at radius 1 is 1.13 bits per heavy atom. The second-order valence-electron chi connectivity index (χ2n) is 7.47. The number of carbonyl (C=O) groups is 1. The van der Waals surface area contributed by atoms with Gasteiger partial charge in [0, 0.05) is 19.1 Å². The van der Waals surface area contributed by atoms with E-state index in [-0.39, 0.29) is 36.8 Å². The molecule has 4 rings (SSSR count). The quantitative estimate of drug-likeness (QED) is 0.718. The molecule has 30 heavy (non-hydrogen) atoms. The first-order valence-electron chi connectivity index (χ1n) is 10.1. The molecule has 2 saturated heterocycles. The monoisotopic (exact) mass is 456 g/mol. The lowest BCUT2D eigenvalue weighted by molar-refractivity contribution is 0.0926. The van der Waals surface area contributed by atoms with Crippen LogP contribution in [0, 0.1) is 0 Å². The van der Waals surface area contributed by atoms with Crippen molar-refractivity contribution in [1.82, 2.24) is 25.6 Å². The van der Waals surface area contributed by atoms with Crippen LogP contribution in [-0.2, 0) is 0 Å². The number of nitrogens with zero attached hydrogens (tertiary/aromatic N) is 4. The third-order valence-corrected chi connectivity index (χ3v) is 5.68. The summed E-state index contributed by atoms with van der Waals surface area (Å²) in [6, 6.07) is 8.55. The molecule has 2 aliphatic rings. The van der Waals surface area contributed by atoms with Gasteiger partial charge in [-0.25, -0.2) is 4.68 Å². The number of hydrogen-bond donors (Lipinski definition) is 2. The van der Waals surface area contributed by atoms with E-state index in [0.717, 1.165) is 63.3 Å². The van der Waals surface area contributed by atoms with Gasteiger partial charge in [-0.05, 0) is 50.9 Å². The number of nitrogens with one attached hydrogen (secondary N) is 2. The molecule has 0 spiro atoms. The van der Waals surface area contributed by atoms with E-state index in [1.165, 1.54) is 0 Å². The summed E-state index contributed by atoms with van der Waals surface area (Å²) in [5, 5.41) is 14.7. The number of methoxy groups -OCH3 is 1. The van der Waals surface area contributed by atoms with Crippen molar-refractivity contribution in [2.75, 3.05) is 38.2 Å². The number of hydrogen-bond acceptors (Lipinski definition) is 6. The van der Waals surface area contributed by atoms with Crippen molar-refractivity contribution < 1.29 is 9.53 Å². The molecule has 166 valence electrons. The first-order valence-corrected chi connectivity index (χ1v) is 10.1. The van der Waals surface area contributed by atoms with Gasteiger partial charge in [0.1, 0.15) is 5.75 Å². The number of carbonyl (C=O) groups excluding carboxylic acids is 1. The van der Waals surface area contributed by atoms with Crippen LogP contribution in [0.5, 0.6) is 5.75 Å². The lowest BCUT2D eigenvalue weighted by Gasteiger charge is -2.34. The maximum absolute atomic E-state index is 12.6. The Bertz CT molecular complexity index is 804. The van der Waals surface area contributed by atoms with Crippen molar-refractivity contribution in [3.05, 3.63) is 36.2 Å². The Morgan fingerprint density at radius 3 is 2.53 bits per heavy atom. The van der Waals surface area contributed by atoms with E-state index in [4.69, 9.17) is 4.74 Å². The Kier molecular flexibility index (Phi) is 9.20. The van der Waals surface area contributed by atoms with Gasteiger partial charge in [0.15, 0.2) is 5.69 Å². The van der Waals surface area contributed by atoms with Gasteiger partial charge in [0.2, 0.25) is 0 Å². The van der Waals surface area contributed by atoms with E-state index in [1.807, 2.05) is 22.9 Å². The number of ether oxygens (including phenoxy) is 1. The molecular formula is C20H30Cl2N6O2. The summed E-state index contributed by atoms with van der Waals surface area (Å²) in [7, 11) is 1.70. The number of aromatic nitrogens is 3. The molecule has 0 radical (unpaired) electrons. The molecule has 1 aromatic carbocycles. The van der Waals surface area contributed by atoms with Crippen LogP contribution in [0.15, 0.2) is 30.5 Å². The zero-order valence-electron chi connectivity index (χ0n) is 17.1. The molecule has 8 nitrogen and oxygen atoms in total. The molecule has 2 N–H and O–H groups in total. The van der Waals surface area contributed by atoms with Crippen LogP contribution in [0.3, 0.4) is 0 Å². The summed E-state index contributed by atoms with van der Waals surface area (Å²) < 4.78 is 7.31. The zero-order valence-corrected chi connectivity index (χ0v) is 18.8. The fraction of sp³-hybridized carbons (Fsp3) is 0.550. The maximum Gasteiger partial charge on any atom is 0.273 e. The van der Waals surface area contributed by atoms with Gasteiger partial charge in [-0.3, -0.25) is 4.79 Å². The smallest absolute Gasteiger partial charge is 0.273 e. The fourth-order valence-electron chi connectivity index (χ4n) is 4.05. The normalized spacial score (nSPS) is 17.6. The minimum absolute atomic E-state index is 0. The lowest BCUT2D eigenvalue weighted by atomic mass is 10.0. The predicted molar refractivity (Wildman–Crippen MR) is 121 cm³/mol. The molecule has 0 unspecified atom stereocenters. The van der Waals surface area contributed by atoms with Crippen LogP contribution in [0.2, 0.25) is 0 Å². The molecule has 0 bridgehead atoms. The van der Waals surface area contributed by atoms with E-state index >= 15 is 0 Å². The summed E-state index contributed by atoms with van der Waals surface area (Å²) in [5.74, 6) is 0.760. The summed E-state index contributed by atoms with van der Waals surface area (Å²) in [4.78, 5) is 14.9. The van der Waals surface area contributed by atoms with Crippen molar-refractivity contribution in [1.29, 1.82) is 0 Å². The summed E-state index contributed by atoms with van der Waals surface area (Å²) in [6.07, 6.45) is 5.62. The van der Waals surface area contributed by atoms with Crippen molar-refractivity contribution in [2.45, 2.75) is 37.8 Å². The predicted octanol–water partition coefficient (Wildman–Crippen LogP) is 2.45. The first kappa shape index (κ1) is 24.2. The fourth-order valence-corrected chi connectivity index (χ4v) is 4.05. The van der Waals surface area contributed by atoms with E-state index < -0.39 is 0 Å². The molecular weight excluding hydrogens is 427 g/mol. The van der Waals surface area contributed by atoms with Crippen LogP contribution in [-0.4, -0.2) is 60.2 Å². The molecule has 2 fully saturated rings. The first-order chi connectivity index (χ1) is 13.7. The molecule has 0 saturated carbocycles. The third kappa shape index (κ3) is 5.56. The van der Waals surface area contributed by atoms with E-state index in [2.05, 4.69) is 31.9 Å².